The molecule has 0 aliphatic heterocycles. The summed E-state index contributed by atoms with van der Waals surface area (Å²) >= 11 is 0. The first-order valence-corrected chi connectivity index (χ1v) is 6.65. The van der Waals surface area contributed by atoms with Gasteiger partial charge in [-0.2, -0.15) is 13.2 Å². The van der Waals surface area contributed by atoms with Gasteiger partial charge >= 0.3 is 6.18 Å². The Hall–Kier alpha value is -1.37. The van der Waals surface area contributed by atoms with Gasteiger partial charge in [-0.05, 0) is 26.8 Å². The maximum Gasteiger partial charge on any atom is 0.390 e. The molecule has 0 aliphatic rings. The molecule has 21 heavy (non-hydrogen) atoms. The third kappa shape index (κ3) is 6.75. The van der Waals surface area contributed by atoms with Gasteiger partial charge in [0, 0.05) is 31.2 Å². The zero-order valence-electron chi connectivity index (χ0n) is 12.7. The Morgan fingerprint density at radius 3 is 2.38 bits per heavy atom. The lowest BCUT2D eigenvalue weighted by atomic mass is 10.1. The van der Waals surface area contributed by atoms with Gasteiger partial charge in [-0.3, -0.25) is 0 Å². The number of nitrogens with one attached hydrogen (secondary N) is 1. The van der Waals surface area contributed by atoms with Crippen LogP contribution in [0.2, 0.25) is 0 Å². The van der Waals surface area contributed by atoms with Crippen molar-refractivity contribution in [2.45, 2.75) is 45.5 Å². The Morgan fingerprint density at radius 1 is 1.24 bits per heavy atom. The number of halogens is 4. The van der Waals surface area contributed by atoms with Crippen LogP contribution < -0.4 is 10.2 Å². The van der Waals surface area contributed by atoms with Crippen molar-refractivity contribution in [3.05, 3.63) is 23.6 Å². The predicted molar refractivity (Wildman–Crippen MR) is 74.7 cm³/mol. The van der Waals surface area contributed by atoms with Crippen LogP contribution in [0, 0.1) is 5.82 Å². The molecule has 120 valence electrons. The van der Waals surface area contributed by atoms with E-state index in [4.69, 9.17) is 0 Å². The molecular formula is C14H21F4N3. The van der Waals surface area contributed by atoms with Crippen molar-refractivity contribution >= 4 is 5.82 Å². The van der Waals surface area contributed by atoms with Gasteiger partial charge in [0.2, 0.25) is 0 Å². The van der Waals surface area contributed by atoms with E-state index in [-0.39, 0.29) is 12.1 Å². The lowest BCUT2D eigenvalue weighted by Crippen LogP contribution is -2.36. The molecule has 1 heterocycles. The summed E-state index contributed by atoms with van der Waals surface area (Å²) in [5.74, 6) is -0.147. The maximum atomic E-state index is 13.3. The maximum absolute atomic E-state index is 13.3. The number of anilines is 1. The first-order valence-electron chi connectivity index (χ1n) is 6.65. The summed E-state index contributed by atoms with van der Waals surface area (Å²) in [5, 5.41) is 3.18. The van der Waals surface area contributed by atoms with E-state index in [2.05, 4.69) is 10.3 Å². The van der Waals surface area contributed by atoms with Gasteiger partial charge in [-0.15, -0.1) is 0 Å². The van der Waals surface area contributed by atoms with E-state index in [0.717, 1.165) is 6.20 Å². The first kappa shape index (κ1) is 17.7. The number of nitrogens with zero attached hydrogens (tertiary/aromatic N) is 2. The van der Waals surface area contributed by atoms with Crippen LogP contribution in [-0.4, -0.2) is 30.3 Å². The number of rotatable bonds is 5. The zero-order valence-corrected chi connectivity index (χ0v) is 12.7. The lowest BCUT2D eigenvalue weighted by molar-refractivity contribution is -0.132. The Bertz CT molecular complexity index is 466. The molecular weight excluding hydrogens is 286 g/mol. The number of aromatic nitrogens is 1. The molecule has 0 saturated heterocycles. The molecule has 0 aliphatic carbocycles. The minimum Gasteiger partial charge on any atom is -0.359 e. The molecule has 7 heteroatoms. The fraction of sp³-hybridized carbons (Fsp3) is 0.643. The molecule has 0 aromatic carbocycles. The van der Waals surface area contributed by atoms with E-state index in [1.165, 1.54) is 18.0 Å². The van der Waals surface area contributed by atoms with Crippen LogP contribution in [0.3, 0.4) is 0 Å². The topological polar surface area (TPSA) is 28.2 Å². The minimum absolute atomic E-state index is 0.186. The molecule has 0 unspecified atom stereocenters. The van der Waals surface area contributed by atoms with E-state index >= 15 is 0 Å². The summed E-state index contributed by atoms with van der Waals surface area (Å²) in [6, 6.07) is 1.30. The summed E-state index contributed by atoms with van der Waals surface area (Å²) in [4.78, 5) is 5.32. The Kier molecular flexibility index (Phi) is 5.55. The molecule has 3 nitrogen and oxygen atoms in total. The SMILES string of the molecule is CN(CCC(F)(F)F)c1ncc(F)cc1CNC(C)(C)C. The first-order chi connectivity index (χ1) is 9.48. The highest BCUT2D eigenvalue weighted by atomic mass is 19.4. The second-order valence-electron chi connectivity index (χ2n) is 6.03. The van der Waals surface area contributed by atoms with Crippen LogP contribution >= 0.6 is 0 Å². The summed E-state index contributed by atoms with van der Waals surface area (Å²) in [6.07, 6.45) is -4.15. The van der Waals surface area contributed by atoms with Gasteiger partial charge in [0.1, 0.15) is 11.6 Å². The van der Waals surface area contributed by atoms with Gasteiger partial charge in [0.25, 0.3) is 0 Å². The molecule has 0 bridgehead atoms. The van der Waals surface area contributed by atoms with Crippen LogP contribution in [-0.2, 0) is 6.54 Å². The van der Waals surface area contributed by atoms with Crippen LogP contribution in [0.1, 0.15) is 32.8 Å². The third-order valence-corrected chi connectivity index (χ3v) is 2.81. The molecule has 0 fully saturated rings. The molecule has 0 amide bonds. The average Bonchev–Trinajstić information content (AvgIpc) is 2.32. The average molecular weight is 307 g/mol. The van der Waals surface area contributed by atoms with Gasteiger partial charge in [0.15, 0.2) is 0 Å². The fourth-order valence-corrected chi connectivity index (χ4v) is 1.71. The highest BCUT2D eigenvalue weighted by Gasteiger charge is 2.27. The molecule has 1 aromatic heterocycles. The molecule has 0 radical (unpaired) electrons. The van der Waals surface area contributed by atoms with E-state index in [9.17, 15) is 17.6 Å². The van der Waals surface area contributed by atoms with E-state index in [1.807, 2.05) is 20.8 Å². The van der Waals surface area contributed by atoms with Crippen molar-refractivity contribution in [2.75, 3.05) is 18.5 Å². The summed E-state index contributed by atoms with van der Waals surface area (Å²) in [5.41, 5.74) is 0.350. The smallest absolute Gasteiger partial charge is 0.359 e. The molecule has 0 spiro atoms. The molecule has 0 saturated carbocycles. The van der Waals surface area contributed by atoms with Crippen LogP contribution in [0.5, 0.6) is 0 Å². The molecule has 1 rings (SSSR count). The second-order valence-corrected chi connectivity index (χ2v) is 6.03. The summed E-state index contributed by atoms with van der Waals surface area (Å²) in [6.45, 7) is 5.97. The summed E-state index contributed by atoms with van der Waals surface area (Å²) < 4.78 is 50.2. The molecule has 1 aromatic rings. The quantitative estimate of drug-likeness (QED) is 0.844. The normalized spacial score (nSPS) is 12.6. The van der Waals surface area contributed by atoms with Gasteiger partial charge in [-0.25, -0.2) is 9.37 Å². The number of pyridine rings is 1. The lowest BCUT2D eigenvalue weighted by Gasteiger charge is -2.25. The van der Waals surface area contributed by atoms with Crippen LogP contribution in [0.4, 0.5) is 23.4 Å². The Morgan fingerprint density at radius 2 is 1.86 bits per heavy atom. The molecule has 1 N–H and O–H groups in total. The standard InChI is InChI=1S/C14H21F4N3/c1-13(2,3)20-8-10-7-11(15)9-19-12(10)21(4)6-5-14(16,17)18/h7,9,20H,5-6,8H2,1-4H3. The predicted octanol–water partition coefficient (Wildman–Crippen LogP) is 3.50. The number of alkyl halides is 3. The highest BCUT2D eigenvalue weighted by molar-refractivity contribution is 5.46. The van der Waals surface area contributed by atoms with Crippen LogP contribution in [0.15, 0.2) is 12.3 Å². The number of hydrogen-bond donors (Lipinski definition) is 1. The van der Waals surface area contributed by atoms with Crippen molar-refractivity contribution in [2.24, 2.45) is 0 Å². The zero-order chi connectivity index (χ0) is 16.3. The van der Waals surface area contributed by atoms with Gasteiger partial charge in [0.05, 0.1) is 12.6 Å². The second kappa shape index (κ2) is 6.60. The van der Waals surface area contributed by atoms with Crippen molar-refractivity contribution in [1.29, 1.82) is 0 Å². The fourth-order valence-electron chi connectivity index (χ4n) is 1.71. The van der Waals surface area contributed by atoms with Gasteiger partial charge in [-0.1, -0.05) is 0 Å². The third-order valence-electron chi connectivity index (χ3n) is 2.81. The summed E-state index contributed by atoms with van der Waals surface area (Å²) in [7, 11) is 1.52. The van der Waals surface area contributed by atoms with Crippen molar-refractivity contribution in [3.63, 3.8) is 0 Å². The largest absolute Gasteiger partial charge is 0.390 e. The Labute approximate surface area is 122 Å². The Balaban J connectivity index is 2.85. The van der Waals surface area contributed by atoms with Crippen LogP contribution in [0.25, 0.3) is 0 Å². The van der Waals surface area contributed by atoms with Gasteiger partial charge < -0.3 is 10.2 Å². The number of hydrogen-bond acceptors (Lipinski definition) is 3. The van der Waals surface area contributed by atoms with E-state index in [0.29, 0.717) is 17.9 Å². The van der Waals surface area contributed by atoms with E-state index < -0.39 is 18.4 Å². The monoisotopic (exact) mass is 307 g/mol. The molecule has 0 atom stereocenters. The van der Waals surface area contributed by atoms with Crippen molar-refractivity contribution < 1.29 is 17.6 Å². The van der Waals surface area contributed by atoms with E-state index in [1.54, 1.807) is 0 Å². The van der Waals surface area contributed by atoms with Crippen molar-refractivity contribution in [3.8, 4) is 0 Å². The van der Waals surface area contributed by atoms with Crippen molar-refractivity contribution in [1.82, 2.24) is 10.3 Å². The minimum atomic E-state index is -4.22. The highest BCUT2D eigenvalue weighted by Crippen LogP contribution is 2.23.